The average Bonchev–Trinajstić information content (AvgIpc) is 2.93. The van der Waals surface area contributed by atoms with E-state index in [2.05, 4.69) is 22.9 Å². The Morgan fingerprint density at radius 2 is 2.24 bits per heavy atom. The van der Waals surface area contributed by atoms with E-state index in [1.54, 1.807) is 18.0 Å². The van der Waals surface area contributed by atoms with Gasteiger partial charge in [0.25, 0.3) is 5.91 Å². The molecule has 2 nitrogen and oxygen atoms in total. The number of carbonyl (C=O) groups is 1. The minimum atomic E-state index is -0.472. The molecule has 0 aliphatic heterocycles. The molecule has 2 rings (SSSR count). The molecule has 0 bridgehead atoms. The van der Waals surface area contributed by atoms with E-state index in [0.717, 1.165) is 6.54 Å². The van der Waals surface area contributed by atoms with Gasteiger partial charge in [-0.25, -0.2) is 4.39 Å². The average molecular weight is 300 g/mol. The number of hydrogen-bond acceptors (Lipinski definition) is 1. The fourth-order valence-electron chi connectivity index (χ4n) is 1.96. The number of carbonyl (C=O) groups excluding carboxylic acids is 1. The summed E-state index contributed by atoms with van der Waals surface area (Å²) >= 11 is 3.18. The van der Waals surface area contributed by atoms with Crippen LogP contribution < -0.4 is 0 Å². The number of benzene rings is 1. The Morgan fingerprint density at radius 1 is 1.59 bits per heavy atom. The maximum Gasteiger partial charge on any atom is 0.256 e. The van der Waals surface area contributed by atoms with Gasteiger partial charge in [0.2, 0.25) is 0 Å². The van der Waals surface area contributed by atoms with Gasteiger partial charge in [0.05, 0.1) is 5.56 Å². The van der Waals surface area contributed by atoms with Gasteiger partial charge in [0.15, 0.2) is 0 Å². The van der Waals surface area contributed by atoms with Crippen molar-refractivity contribution in [2.24, 2.45) is 11.8 Å². The van der Waals surface area contributed by atoms with Crippen LogP contribution in [-0.2, 0) is 0 Å². The van der Waals surface area contributed by atoms with E-state index >= 15 is 0 Å². The second-order valence-corrected chi connectivity index (χ2v) is 5.70. The van der Waals surface area contributed by atoms with Crippen molar-refractivity contribution in [2.75, 3.05) is 13.6 Å². The zero-order chi connectivity index (χ0) is 12.6. The molecule has 17 heavy (non-hydrogen) atoms. The van der Waals surface area contributed by atoms with Gasteiger partial charge < -0.3 is 4.90 Å². The third-order valence-electron chi connectivity index (χ3n) is 3.29. The molecule has 1 aliphatic carbocycles. The zero-order valence-electron chi connectivity index (χ0n) is 9.91. The smallest absolute Gasteiger partial charge is 0.256 e. The van der Waals surface area contributed by atoms with Gasteiger partial charge in [-0.3, -0.25) is 4.79 Å². The van der Waals surface area contributed by atoms with E-state index in [0.29, 0.717) is 16.3 Å². The first kappa shape index (κ1) is 12.6. The lowest BCUT2D eigenvalue weighted by Gasteiger charge is -2.17. The van der Waals surface area contributed by atoms with Gasteiger partial charge in [-0.05, 0) is 36.5 Å². The SMILES string of the molecule is CC1CC1CN(C)C(=O)c1ccc(Br)cc1F. The Balaban J connectivity index is 2.07. The van der Waals surface area contributed by atoms with Crippen LogP contribution in [-0.4, -0.2) is 24.4 Å². The third kappa shape index (κ3) is 2.86. The molecule has 92 valence electrons. The van der Waals surface area contributed by atoms with Crippen LogP contribution in [0.15, 0.2) is 22.7 Å². The van der Waals surface area contributed by atoms with E-state index in [1.165, 1.54) is 18.6 Å². The van der Waals surface area contributed by atoms with E-state index in [4.69, 9.17) is 0 Å². The summed E-state index contributed by atoms with van der Waals surface area (Å²) < 4.78 is 14.3. The van der Waals surface area contributed by atoms with Crippen molar-refractivity contribution in [1.82, 2.24) is 4.90 Å². The first-order chi connectivity index (χ1) is 7.99. The Hall–Kier alpha value is -0.900. The lowest BCUT2D eigenvalue weighted by atomic mass is 10.2. The topological polar surface area (TPSA) is 20.3 Å². The van der Waals surface area contributed by atoms with Crippen LogP contribution in [0.2, 0.25) is 0 Å². The van der Waals surface area contributed by atoms with E-state index in [1.807, 2.05) is 0 Å². The second kappa shape index (κ2) is 4.77. The number of hydrogen-bond donors (Lipinski definition) is 0. The molecule has 0 heterocycles. The minimum Gasteiger partial charge on any atom is -0.341 e. The third-order valence-corrected chi connectivity index (χ3v) is 3.79. The summed E-state index contributed by atoms with van der Waals surface area (Å²) in [6.07, 6.45) is 1.17. The fourth-order valence-corrected chi connectivity index (χ4v) is 2.29. The van der Waals surface area contributed by atoms with E-state index in [9.17, 15) is 9.18 Å². The van der Waals surface area contributed by atoms with Gasteiger partial charge in [-0.15, -0.1) is 0 Å². The van der Waals surface area contributed by atoms with Gasteiger partial charge in [-0.1, -0.05) is 22.9 Å². The van der Waals surface area contributed by atoms with Crippen LogP contribution in [0, 0.1) is 17.7 Å². The second-order valence-electron chi connectivity index (χ2n) is 4.78. The summed E-state index contributed by atoms with van der Waals surface area (Å²) in [4.78, 5) is 13.6. The lowest BCUT2D eigenvalue weighted by Crippen LogP contribution is -2.29. The maximum absolute atomic E-state index is 13.6. The highest BCUT2D eigenvalue weighted by molar-refractivity contribution is 9.10. The van der Waals surface area contributed by atoms with Crippen molar-refractivity contribution in [2.45, 2.75) is 13.3 Å². The first-order valence-corrected chi connectivity index (χ1v) is 6.49. The van der Waals surface area contributed by atoms with Crippen LogP contribution in [0.25, 0.3) is 0 Å². The molecule has 0 N–H and O–H groups in total. The Labute approximate surface area is 109 Å². The van der Waals surface area contributed by atoms with Gasteiger partial charge in [-0.2, -0.15) is 0 Å². The number of amides is 1. The van der Waals surface area contributed by atoms with E-state index in [-0.39, 0.29) is 11.5 Å². The summed E-state index contributed by atoms with van der Waals surface area (Å²) in [6, 6.07) is 4.53. The summed E-state index contributed by atoms with van der Waals surface area (Å²) in [7, 11) is 1.73. The van der Waals surface area contributed by atoms with Gasteiger partial charge >= 0.3 is 0 Å². The molecule has 4 heteroatoms. The maximum atomic E-state index is 13.6. The molecule has 1 saturated carbocycles. The molecule has 1 aromatic rings. The van der Waals surface area contributed by atoms with Crippen LogP contribution in [0.3, 0.4) is 0 Å². The fraction of sp³-hybridized carbons (Fsp3) is 0.462. The molecule has 0 radical (unpaired) electrons. The monoisotopic (exact) mass is 299 g/mol. The van der Waals surface area contributed by atoms with Crippen molar-refractivity contribution in [3.05, 3.63) is 34.1 Å². The highest BCUT2D eigenvalue weighted by atomic mass is 79.9. The quantitative estimate of drug-likeness (QED) is 0.838. The molecule has 1 amide bonds. The lowest BCUT2D eigenvalue weighted by molar-refractivity contribution is 0.0782. The molecule has 0 aromatic heterocycles. The molecule has 0 saturated heterocycles. The number of rotatable bonds is 3. The number of halogens is 2. The molecule has 0 spiro atoms. The van der Waals surface area contributed by atoms with Crippen LogP contribution in [0.4, 0.5) is 4.39 Å². The number of nitrogens with zero attached hydrogens (tertiary/aromatic N) is 1. The Morgan fingerprint density at radius 3 is 2.76 bits per heavy atom. The summed E-state index contributed by atoms with van der Waals surface area (Å²) in [5, 5.41) is 0. The van der Waals surface area contributed by atoms with Crippen molar-refractivity contribution < 1.29 is 9.18 Å². The molecular formula is C13H15BrFNO. The highest BCUT2D eigenvalue weighted by Crippen LogP contribution is 2.38. The van der Waals surface area contributed by atoms with Crippen molar-refractivity contribution in [1.29, 1.82) is 0 Å². The Kier molecular flexibility index (Phi) is 3.52. The van der Waals surface area contributed by atoms with Gasteiger partial charge in [0.1, 0.15) is 5.82 Å². The summed E-state index contributed by atoms with van der Waals surface area (Å²) in [5.41, 5.74) is 0.143. The summed E-state index contributed by atoms with van der Waals surface area (Å²) in [5.74, 6) is 0.566. The Bertz CT molecular complexity index is 449. The van der Waals surface area contributed by atoms with Gasteiger partial charge in [0, 0.05) is 18.1 Å². The first-order valence-electron chi connectivity index (χ1n) is 5.69. The molecule has 1 aliphatic rings. The molecule has 2 unspecified atom stereocenters. The molecular weight excluding hydrogens is 285 g/mol. The van der Waals surface area contributed by atoms with Crippen LogP contribution in [0.1, 0.15) is 23.7 Å². The normalized spacial score (nSPS) is 22.4. The predicted octanol–water partition coefficient (Wildman–Crippen LogP) is 3.32. The summed E-state index contributed by atoms with van der Waals surface area (Å²) in [6.45, 7) is 2.89. The zero-order valence-corrected chi connectivity index (χ0v) is 11.5. The van der Waals surface area contributed by atoms with Crippen molar-refractivity contribution in [3.63, 3.8) is 0 Å². The van der Waals surface area contributed by atoms with Crippen LogP contribution in [0.5, 0.6) is 0 Å². The van der Waals surface area contributed by atoms with Crippen molar-refractivity contribution >= 4 is 21.8 Å². The largest absolute Gasteiger partial charge is 0.341 e. The molecule has 1 fully saturated rings. The predicted molar refractivity (Wildman–Crippen MR) is 68.3 cm³/mol. The van der Waals surface area contributed by atoms with Crippen LogP contribution >= 0.6 is 15.9 Å². The molecule has 1 aromatic carbocycles. The minimum absolute atomic E-state index is 0.143. The highest BCUT2D eigenvalue weighted by Gasteiger charge is 2.34. The van der Waals surface area contributed by atoms with E-state index < -0.39 is 5.82 Å². The standard InChI is InChI=1S/C13H15BrFNO/c1-8-5-9(8)7-16(2)13(17)11-4-3-10(14)6-12(11)15/h3-4,6,8-9H,5,7H2,1-2H3. The molecule has 2 atom stereocenters. The van der Waals surface area contributed by atoms with Crippen molar-refractivity contribution in [3.8, 4) is 0 Å².